The van der Waals surface area contributed by atoms with Crippen molar-refractivity contribution in [3.63, 3.8) is 0 Å². The van der Waals surface area contributed by atoms with Crippen molar-refractivity contribution in [3.05, 3.63) is 71.9 Å². The van der Waals surface area contributed by atoms with E-state index in [0.717, 1.165) is 23.8 Å². The Morgan fingerprint density at radius 3 is 2.56 bits per heavy atom. The largest absolute Gasteiger partial charge is 0.255 e. The maximum atomic E-state index is 12.9. The molecule has 0 atom stereocenters. The second-order valence-electron chi connectivity index (χ2n) is 6.81. The van der Waals surface area contributed by atoms with Gasteiger partial charge in [0.1, 0.15) is 4.90 Å². The lowest BCUT2D eigenvalue weighted by Gasteiger charge is -2.17. The summed E-state index contributed by atoms with van der Waals surface area (Å²) >= 11 is 0. The zero-order chi connectivity index (χ0) is 17.5. The van der Waals surface area contributed by atoms with E-state index in [1.165, 1.54) is 5.56 Å². The second kappa shape index (κ2) is 5.93. The Morgan fingerprint density at radius 2 is 1.84 bits per heavy atom. The molecule has 4 rings (SSSR count). The van der Waals surface area contributed by atoms with Gasteiger partial charge in [-0.05, 0) is 43.0 Å². The molecule has 0 bridgehead atoms. The molecule has 4 nitrogen and oxygen atoms in total. The highest BCUT2D eigenvalue weighted by Crippen LogP contribution is 2.47. The number of pyridine rings is 1. The zero-order valence-corrected chi connectivity index (χ0v) is 14.9. The molecular weight excluding hydrogens is 332 g/mol. The third-order valence-electron chi connectivity index (χ3n) is 4.94. The van der Waals surface area contributed by atoms with E-state index in [1.807, 2.05) is 37.3 Å². The van der Waals surface area contributed by atoms with Crippen LogP contribution in [0, 0.1) is 6.92 Å². The second-order valence-corrected chi connectivity index (χ2v) is 8.55. The van der Waals surface area contributed by atoms with Gasteiger partial charge < -0.3 is 0 Å². The third kappa shape index (κ3) is 3.05. The van der Waals surface area contributed by atoms with Crippen LogP contribution in [-0.2, 0) is 15.4 Å². The van der Waals surface area contributed by atoms with E-state index in [1.54, 1.807) is 18.3 Å². The van der Waals surface area contributed by atoms with E-state index in [-0.39, 0.29) is 10.3 Å². The van der Waals surface area contributed by atoms with E-state index in [4.69, 9.17) is 0 Å². The Hall–Kier alpha value is -2.24. The van der Waals surface area contributed by atoms with Crippen molar-refractivity contribution >= 4 is 20.9 Å². The molecule has 1 aliphatic rings. The van der Waals surface area contributed by atoms with E-state index in [9.17, 15) is 8.42 Å². The molecule has 0 radical (unpaired) electrons. The molecule has 3 aromatic rings. The van der Waals surface area contributed by atoms with Gasteiger partial charge in [-0.25, -0.2) is 13.1 Å². The summed E-state index contributed by atoms with van der Waals surface area (Å²) in [5, 5.41) is 0.840. The van der Waals surface area contributed by atoms with Crippen molar-refractivity contribution in [1.29, 1.82) is 0 Å². The molecule has 1 aliphatic carbocycles. The van der Waals surface area contributed by atoms with Gasteiger partial charge in [-0.3, -0.25) is 4.98 Å². The molecule has 5 heteroatoms. The Morgan fingerprint density at radius 1 is 1.08 bits per heavy atom. The molecule has 128 valence electrons. The summed E-state index contributed by atoms with van der Waals surface area (Å²) in [5.41, 5.74) is 2.66. The lowest BCUT2D eigenvalue weighted by atomic mass is 9.96. The molecule has 0 saturated heterocycles. The summed E-state index contributed by atoms with van der Waals surface area (Å²) in [4.78, 5) is 4.59. The quantitative estimate of drug-likeness (QED) is 0.764. The molecule has 1 saturated carbocycles. The topological polar surface area (TPSA) is 59.1 Å². The monoisotopic (exact) mass is 352 g/mol. The Kier molecular flexibility index (Phi) is 3.85. The lowest BCUT2D eigenvalue weighted by molar-refractivity contribution is 0.568. The summed E-state index contributed by atoms with van der Waals surface area (Å²) in [6.45, 7) is 2.37. The Bertz CT molecular complexity index is 1030. The van der Waals surface area contributed by atoms with E-state index in [0.29, 0.717) is 12.1 Å². The molecule has 0 amide bonds. The van der Waals surface area contributed by atoms with Gasteiger partial charge in [0.05, 0.1) is 5.52 Å². The van der Waals surface area contributed by atoms with Crippen LogP contribution in [0.4, 0.5) is 0 Å². The molecule has 0 unspecified atom stereocenters. The summed E-state index contributed by atoms with van der Waals surface area (Å²) in [6.07, 6.45) is 3.72. The smallest absolute Gasteiger partial charge is 0.242 e. The molecule has 0 aliphatic heterocycles. The summed E-state index contributed by atoms with van der Waals surface area (Å²) in [5.74, 6) is 0. The van der Waals surface area contributed by atoms with E-state index < -0.39 is 10.0 Å². The van der Waals surface area contributed by atoms with Crippen LogP contribution in [0.5, 0.6) is 0 Å². The maximum absolute atomic E-state index is 12.9. The van der Waals surface area contributed by atoms with Crippen LogP contribution in [-0.4, -0.2) is 19.9 Å². The molecular formula is C20H20N2O2S. The van der Waals surface area contributed by atoms with Crippen molar-refractivity contribution in [2.45, 2.75) is 30.1 Å². The van der Waals surface area contributed by atoms with Crippen molar-refractivity contribution in [1.82, 2.24) is 9.71 Å². The number of benzene rings is 2. The first-order valence-corrected chi connectivity index (χ1v) is 9.89. The maximum Gasteiger partial charge on any atom is 0.242 e. The SMILES string of the molecule is Cc1cnc2c(S(=O)(=O)NCC3(c4ccccc4)CC3)cccc2c1. The van der Waals surface area contributed by atoms with Crippen LogP contribution in [0.25, 0.3) is 10.9 Å². The van der Waals surface area contributed by atoms with Crippen LogP contribution in [0.15, 0.2) is 65.7 Å². The number of fused-ring (bicyclic) bond motifs is 1. The molecule has 1 aromatic heterocycles. The average Bonchev–Trinajstić information content (AvgIpc) is 3.41. The first kappa shape index (κ1) is 16.2. The first-order chi connectivity index (χ1) is 12.0. The highest BCUT2D eigenvalue weighted by Gasteiger charge is 2.44. The highest BCUT2D eigenvalue weighted by molar-refractivity contribution is 7.89. The molecule has 1 N–H and O–H groups in total. The van der Waals surface area contributed by atoms with Crippen LogP contribution in [0.3, 0.4) is 0 Å². The van der Waals surface area contributed by atoms with Gasteiger partial charge >= 0.3 is 0 Å². The lowest BCUT2D eigenvalue weighted by Crippen LogP contribution is -2.32. The fourth-order valence-corrected chi connectivity index (χ4v) is 4.59. The molecule has 0 spiro atoms. The normalized spacial score (nSPS) is 16.0. The molecule has 1 heterocycles. The standard InChI is InChI=1S/C20H20N2O2S/c1-15-12-16-6-5-9-18(19(16)21-13-15)25(23,24)22-14-20(10-11-20)17-7-3-2-4-8-17/h2-9,12-13,22H,10-11,14H2,1H3. The number of nitrogens with zero attached hydrogens (tertiary/aromatic N) is 1. The number of hydrogen-bond acceptors (Lipinski definition) is 3. The number of hydrogen-bond donors (Lipinski definition) is 1. The summed E-state index contributed by atoms with van der Waals surface area (Å²) < 4.78 is 28.6. The van der Waals surface area contributed by atoms with Gasteiger partial charge in [-0.2, -0.15) is 0 Å². The minimum Gasteiger partial charge on any atom is -0.255 e. The number of aromatic nitrogens is 1. The van der Waals surface area contributed by atoms with E-state index >= 15 is 0 Å². The Labute approximate surface area is 148 Å². The van der Waals surface area contributed by atoms with Gasteiger partial charge in [0.2, 0.25) is 10.0 Å². The number of aryl methyl sites for hydroxylation is 1. The van der Waals surface area contributed by atoms with Gasteiger partial charge in [0.15, 0.2) is 0 Å². The van der Waals surface area contributed by atoms with Gasteiger partial charge in [-0.15, -0.1) is 0 Å². The van der Waals surface area contributed by atoms with E-state index in [2.05, 4.69) is 21.8 Å². The highest BCUT2D eigenvalue weighted by atomic mass is 32.2. The van der Waals surface area contributed by atoms with Gasteiger partial charge in [0.25, 0.3) is 0 Å². The third-order valence-corrected chi connectivity index (χ3v) is 6.37. The van der Waals surface area contributed by atoms with Crippen molar-refractivity contribution in [3.8, 4) is 0 Å². The summed E-state index contributed by atoms with van der Waals surface area (Å²) in [7, 11) is -3.61. The molecule has 25 heavy (non-hydrogen) atoms. The van der Waals surface area contributed by atoms with Gasteiger partial charge in [0, 0.05) is 23.5 Å². The zero-order valence-electron chi connectivity index (χ0n) is 14.1. The van der Waals surface area contributed by atoms with Crippen LogP contribution >= 0.6 is 0 Å². The van der Waals surface area contributed by atoms with Crippen molar-refractivity contribution < 1.29 is 8.42 Å². The van der Waals surface area contributed by atoms with Crippen LogP contribution < -0.4 is 4.72 Å². The fourth-order valence-electron chi connectivity index (χ4n) is 3.28. The average molecular weight is 352 g/mol. The minimum absolute atomic E-state index is 0.0665. The number of rotatable bonds is 5. The fraction of sp³-hybridized carbons (Fsp3) is 0.250. The van der Waals surface area contributed by atoms with Crippen LogP contribution in [0.2, 0.25) is 0 Å². The number of nitrogens with one attached hydrogen (secondary N) is 1. The number of sulfonamides is 1. The molecule has 1 fully saturated rings. The van der Waals surface area contributed by atoms with Crippen molar-refractivity contribution in [2.75, 3.05) is 6.54 Å². The molecule has 2 aromatic carbocycles. The predicted molar refractivity (Wildman–Crippen MR) is 99.0 cm³/mol. The van der Waals surface area contributed by atoms with Gasteiger partial charge in [-0.1, -0.05) is 42.5 Å². The van der Waals surface area contributed by atoms with Crippen LogP contribution in [0.1, 0.15) is 24.0 Å². The number of para-hydroxylation sites is 1. The minimum atomic E-state index is -3.61. The van der Waals surface area contributed by atoms with Crippen molar-refractivity contribution in [2.24, 2.45) is 0 Å². The Balaban J connectivity index is 1.63. The summed E-state index contributed by atoms with van der Waals surface area (Å²) in [6, 6.07) is 17.4. The predicted octanol–water partition coefficient (Wildman–Crippen LogP) is 3.55. The first-order valence-electron chi connectivity index (χ1n) is 8.41.